The van der Waals surface area contributed by atoms with Gasteiger partial charge in [-0.1, -0.05) is 6.92 Å². The fourth-order valence-electron chi connectivity index (χ4n) is 2.86. The van der Waals surface area contributed by atoms with Crippen molar-refractivity contribution in [2.24, 2.45) is 17.6 Å². The van der Waals surface area contributed by atoms with Gasteiger partial charge >= 0.3 is 0 Å². The van der Waals surface area contributed by atoms with Crippen molar-refractivity contribution in [2.75, 3.05) is 26.7 Å². The minimum Gasteiger partial charge on any atom is -0.358 e. The first-order valence-corrected chi connectivity index (χ1v) is 7.79. The van der Waals surface area contributed by atoms with Gasteiger partial charge in [-0.3, -0.25) is 9.59 Å². The number of hydrogen-bond acceptors (Lipinski definition) is 3. The topological polar surface area (TPSA) is 75.4 Å². The first-order chi connectivity index (χ1) is 9.60. The van der Waals surface area contributed by atoms with Crippen molar-refractivity contribution in [3.05, 3.63) is 0 Å². The van der Waals surface area contributed by atoms with Gasteiger partial charge in [0, 0.05) is 20.0 Å². The fourth-order valence-corrected chi connectivity index (χ4v) is 2.86. The van der Waals surface area contributed by atoms with Gasteiger partial charge in [0.15, 0.2) is 0 Å². The summed E-state index contributed by atoms with van der Waals surface area (Å²) in [5.74, 6) is 1.12. The molecule has 1 fully saturated rings. The molecule has 1 rings (SSSR count). The zero-order valence-corrected chi connectivity index (χ0v) is 12.9. The van der Waals surface area contributed by atoms with Crippen LogP contribution in [0.5, 0.6) is 0 Å². The predicted molar refractivity (Wildman–Crippen MR) is 80.1 cm³/mol. The molecule has 0 spiro atoms. The van der Waals surface area contributed by atoms with Crippen molar-refractivity contribution >= 4 is 11.8 Å². The number of amides is 2. The lowest BCUT2D eigenvalue weighted by atomic mass is 9.80. The predicted octanol–water partition coefficient (Wildman–Crippen LogP) is 1.13. The number of nitrogens with zero attached hydrogens (tertiary/aromatic N) is 1. The number of carbonyl (C=O) groups excluding carboxylic acids is 2. The van der Waals surface area contributed by atoms with Crippen LogP contribution in [-0.2, 0) is 9.59 Å². The highest BCUT2D eigenvalue weighted by Crippen LogP contribution is 2.30. The molecule has 5 heteroatoms. The zero-order valence-electron chi connectivity index (χ0n) is 12.9. The van der Waals surface area contributed by atoms with Crippen LogP contribution in [0.15, 0.2) is 0 Å². The lowest BCUT2D eigenvalue weighted by Crippen LogP contribution is -2.41. The maximum atomic E-state index is 12.3. The Hall–Kier alpha value is -1.10. The van der Waals surface area contributed by atoms with Crippen LogP contribution in [-0.4, -0.2) is 43.4 Å². The van der Waals surface area contributed by atoms with Gasteiger partial charge < -0.3 is 16.0 Å². The Kier molecular flexibility index (Phi) is 7.59. The van der Waals surface area contributed by atoms with Gasteiger partial charge in [-0.05, 0) is 50.5 Å². The van der Waals surface area contributed by atoms with Crippen LogP contribution in [0.3, 0.4) is 0 Å². The van der Waals surface area contributed by atoms with Crippen molar-refractivity contribution in [2.45, 2.75) is 45.4 Å². The van der Waals surface area contributed by atoms with E-state index < -0.39 is 0 Å². The van der Waals surface area contributed by atoms with E-state index in [1.165, 1.54) is 0 Å². The molecule has 0 heterocycles. The molecule has 0 aromatic carbocycles. The van der Waals surface area contributed by atoms with Crippen molar-refractivity contribution in [1.82, 2.24) is 10.2 Å². The smallest absolute Gasteiger partial charge is 0.239 e. The molecule has 20 heavy (non-hydrogen) atoms. The molecule has 3 N–H and O–H groups in total. The molecule has 0 saturated heterocycles. The molecule has 0 atom stereocenters. The Balaban J connectivity index is 2.43. The van der Waals surface area contributed by atoms with E-state index in [1.54, 1.807) is 11.9 Å². The number of nitrogens with one attached hydrogen (secondary N) is 1. The summed E-state index contributed by atoms with van der Waals surface area (Å²) in [5.41, 5.74) is 5.69. The minimum atomic E-state index is -0.0985. The zero-order chi connectivity index (χ0) is 15.0. The Morgan fingerprint density at radius 1 is 1.20 bits per heavy atom. The molecule has 2 amide bonds. The molecule has 0 bridgehead atoms. The Labute approximate surface area is 122 Å². The molecular formula is C15H29N3O2. The monoisotopic (exact) mass is 283 g/mol. The van der Waals surface area contributed by atoms with Gasteiger partial charge in [-0.25, -0.2) is 0 Å². The first-order valence-electron chi connectivity index (χ1n) is 7.79. The average molecular weight is 283 g/mol. The fraction of sp³-hybridized carbons (Fsp3) is 0.867. The SMILES string of the molecule is CCCN(CC(=O)NC)C(=O)CC1CCC(CN)CC1. The van der Waals surface area contributed by atoms with Crippen LogP contribution in [0.4, 0.5) is 0 Å². The third-order valence-corrected chi connectivity index (χ3v) is 4.22. The second kappa shape index (κ2) is 8.95. The van der Waals surface area contributed by atoms with Crippen molar-refractivity contribution in [3.8, 4) is 0 Å². The highest BCUT2D eigenvalue weighted by Gasteiger charge is 2.24. The number of carbonyl (C=O) groups is 2. The van der Waals surface area contributed by atoms with E-state index >= 15 is 0 Å². The van der Waals surface area contributed by atoms with E-state index in [0.717, 1.165) is 38.6 Å². The standard InChI is InChI=1S/C15H29N3O2/c1-3-8-18(11-14(19)17-2)15(20)9-12-4-6-13(10-16)7-5-12/h12-13H,3-11,16H2,1-2H3,(H,17,19). The van der Waals surface area contributed by atoms with Crippen LogP contribution in [0.2, 0.25) is 0 Å². The summed E-state index contributed by atoms with van der Waals surface area (Å²) in [5, 5.41) is 2.58. The van der Waals surface area contributed by atoms with Crippen LogP contribution in [0.25, 0.3) is 0 Å². The molecule has 0 radical (unpaired) electrons. The molecule has 5 nitrogen and oxygen atoms in total. The maximum Gasteiger partial charge on any atom is 0.239 e. The minimum absolute atomic E-state index is 0.0985. The van der Waals surface area contributed by atoms with Gasteiger partial charge in [0.1, 0.15) is 0 Å². The summed E-state index contributed by atoms with van der Waals surface area (Å²) in [6, 6.07) is 0. The number of likely N-dealkylation sites (N-methyl/N-ethyl adjacent to an activating group) is 1. The maximum absolute atomic E-state index is 12.3. The van der Waals surface area contributed by atoms with Gasteiger partial charge in [-0.2, -0.15) is 0 Å². The summed E-state index contributed by atoms with van der Waals surface area (Å²) in [4.78, 5) is 25.5. The third kappa shape index (κ3) is 5.49. The lowest BCUT2D eigenvalue weighted by molar-refractivity contribution is -0.137. The second-order valence-corrected chi connectivity index (χ2v) is 5.82. The summed E-state index contributed by atoms with van der Waals surface area (Å²) in [6.07, 6.45) is 5.91. The number of hydrogen-bond donors (Lipinski definition) is 2. The number of rotatable bonds is 7. The number of nitrogens with two attached hydrogens (primary N) is 1. The molecule has 0 unspecified atom stereocenters. The summed E-state index contributed by atoms with van der Waals surface area (Å²) < 4.78 is 0. The molecule has 0 aliphatic heterocycles. The van der Waals surface area contributed by atoms with Crippen LogP contribution >= 0.6 is 0 Å². The summed E-state index contributed by atoms with van der Waals surface area (Å²) >= 11 is 0. The van der Waals surface area contributed by atoms with Crippen molar-refractivity contribution < 1.29 is 9.59 Å². The lowest BCUT2D eigenvalue weighted by Gasteiger charge is -2.29. The van der Waals surface area contributed by atoms with Gasteiger partial charge in [0.05, 0.1) is 6.54 Å². The van der Waals surface area contributed by atoms with E-state index in [9.17, 15) is 9.59 Å². The molecule has 1 aliphatic rings. The quantitative estimate of drug-likeness (QED) is 0.735. The molecule has 1 saturated carbocycles. The largest absolute Gasteiger partial charge is 0.358 e. The van der Waals surface area contributed by atoms with Gasteiger partial charge in [0.2, 0.25) is 11.8 Å². The Bertz CT molecular complexity index is 312. The van der Waals surface area contributed by atoms with Crippen molar-refractivity contribution in [1.29, 1.82) is 0 Å². The van der Waals surface area contributed by atoms with Crippen LogP contribution < -0.4 is 11.1 Å². The summed E-state index contributed by atoms with van der Waals surface area (Å²) in [6.45, 7) is 3.63. The van der Waals surface area contributed by atoms with Crippen LogP contribution in [0.1, 0.15) is 45.4 Å². The molecule has 0 aromatic heterocycles. The normalized spacial score (nSPS) is 22.4. The van der Waals surface area contributed by atoms with E-state index in [-0.39, 0.29) is 18.4 Å². The molecular weight excluding hydrogens is 254 g/mol. The molecule has 116 valence electrons. The van der Waals surface area contributed by atoms with Crippen molar-refractivity contribution in [3.63, 3.8) is 0 Å². The van der Waals surface area contributed by atoms with Gasteiger partial charge in [-0.15, -0.1) is 0 Å². The first kappa shape index (κ1) is 17.0. The van der Waals surface area contributed by atoms with Gasteiger partial charge in [0.25, 0.3) is 0 Å². The third-order valence-electron chi connectivity index (χ3n) is 4.22. The average Bonchev–Trinajstić information content (AvgIpc) is 2.47. The Morgan fingerprint density at radius 3 is 2.30 bits per heavy atom. The highest BCUT2D eigenvalue weighted by atomic mass is 16.2. The Morgan fingerprint density at radius 2 is 1.80 bits per heavy atom. The van der Waals surface area contributed by atoms with E-state index in [0.29, 0.717) is 24.8 Å². The molecule has 1 aliphatic carbocycles. The highest BCUT2D eigenvalue weighted by molar-refractivity contribution is 5.84. The van der Waals surface area contributed by atoms with E-state index in [1.807, 2.05) is 6.92 Å². The van der Waals surface area contributed by atoms with E-state index in [2.05, 4.69) is 5.32 Å². The second-order valence-electron chi connectivity index (χ2n) is 5.82. The van der Waals surface area contributed by atoms with E-state index in [4.69, 9.17) is 5.73 Å². The summed E-state index contributed by atoms with van der Waals surface area (Å²) in [7, 11) is 1.60. The van der Waals surface area contributed by atoms with Crippen LogP contribution in [0, 0.1) is 11.8 Å². The molecule has 0 aromatic rings.